The molecule has 8 rings (SSSR count). The van der Waals surface area contributed by atoms with E-state index in [1.54, 1.807) is 12.1 Å². The molecule has 0 unspecified atom stereocenters. The molecule has 0 saturated heterocycles. The molecule has 2 N–H and O–H groups in total. The van der Waals surface area contributed by atoms with Gasteiger partial charge in [0, 0.05) is 6.42 Å². The molecular weight excluding hydrogens is 633 g/mol. The van der Waals surface area contributed by atoms with E-state index in [1.807, 2.05) is 94.3 Å². The minimum atomic E-state index is -0.421. The Balaban J connectivity index is 1.12. The molecule has 8 nitrogen and oxygen atoms in total. The Labute approximate surface area is 296 Å². The van der Waals surface area contributed by atoms with E-state index in [-0.39, 0.29) is 11.5 Å². The summed E-state index contributed by atoms with van der Waals surface area (Å²) in [4.78, 5) is 0. The number of fused-ring (bicyclic) bond motifs is 2. The Bertz CT molecular complexity index is 2360. The molecular formula is C43H38N6O2. The van der Waals surface area contributed by atoms with E-state index in [9.17, 15) is 10.2 Å². The van der Waals surface area contributed by atoms with E-state index in [1.165, 1.54) is 0 Å². The lowest BCUT2D eigenvalue weighted by atomic mass is 9.93. The summed E-state index contributed by atoms with van der Waals surface area (Å²) >= 11 is 0. The molecule has 0 atom stereocenters. The van der Waals surface area contributed by atoms with Gasteiger partial charge in [0.15, 0.2) is 0 Å². The number of rotatable bonds is 8. The highest BCUT2D eigenvalue weighted by molar-refractivity contribution is 5.83. The number of phenols is 2. The molecule has 0 radical (unpaired) electrons. The number of hydrogen-bond acceptors (Lipinski definition) is 6. The standard InChI is InChI=1S/C43H38N6O2/c1-42(2,34-11-7-5-8-12-34)48-38-26-30(15-19-36(38)44-46-48)28-17-21-40(50)32(23-28)25-33-24-29(18-22-41(33)51)31-16-20-37-39(27-31)49(47-45-37)43(3,4)35-13-9-6-10-14-35/h5-24,26-27,50-51H,25H2,1-4H3. The first-order valence-electron chi connectivity index (χ1n) is 17.1. The summed E-state index contributed by atoms with van der Waals surface area (Å²) in [5, 5.41) is 40.0. The van der Waals surface area contributed by atoms with Crippen molar-refractivity contribution in [3.05, 3.63) is 156 Å². The van der Waals surface area contributed by atoms with Crippen LogP contribution >= 0.6 is 0 Å². The summed E-state index contributed by atoms with van der Waals surface area (Å²) in [5.74, 6) is 0.335. The maximum absolute atomic E-state index is 11.0. The third-order valence-electron chi connectivity index (χ3n) is 10.1. The van der Waals surface area contributed by atoms with Gasteiger partial charge in [0.05, 0.1) is 22.1 Å². The molecule has 51 heavy (non-hydrogen) atoms. The summed E-state index contributed by atoms with van der Waals surface area (Å²) in [5.41, 5.74) is 10.1. The predicted octanol–water partition coefficient (Wildman–Crippen LogP) is 9.08. The lowest BCUT2D eigenvalue weighted by molar-refractivity contribution is 0.393. The van der Waals surface area contributed by atoms with Crippen LogP contribution in [-0.2, 0) is 17.5 Å². The monoisotopic (exact) mass is 670 g/mol. The fourth-order valence-electron chi connectivity index (χ4n) is 6.98. The molecule has 2 heterocycles. The molecule has 0 spiro atoms. The minimum absolute atomic E-state index is 0.168. The maximum Gasteiger partial charge on any atom is 0.119 e. The highest BCUT2D eigenvalue weighted by Crippen LogP contribution is 2.36. The fraction of sp³-hybridized carbons (Fsp3) is 0.163. The molecule has 252 valence electrons. The number of nitrogens with zero attached hydrogens (tertiary/aromatic N) is 6. The highest BCUT2D eigenvalue weighted by atomic mass is 16.3. The molecule has 0 fully saturated rings. The number of aromatic hydroxyl groups is 2. The second-order valence-electron chi connectivity index (χ2n) is 14.1. The van der Waals surface area contributed by atoms with Gasteiger partial charge in [-0.3, -0.25) is 0 Å². The van der Waals surface area contributed by atoms with Crippen molar-refractivity contribution in [3.8, 4) is 33.8 Å². The second kappa shape index (κ2) is 12.2. The van der Waals surface area contributed by atoms with Crippen molar-refractivity contribution >= 4 is 22.1 Å². The van der Waals surface area contributed by atoms with Gasteiger partial charge in [-0.15, -0.1) is 10.2 Å². The topological polar surface area (TPSA) is 102 Å². The lowest BCUT2D eigenvalue weighted by Crippen LogP contribution is -2.28. The molecule has 0 amide bonds. The Hall–Kier alpha value is -6.28. The molecule has 0 aliphatic carbocycles. The van der Waals surface area contributed by atoms with E-state index >= 15 is 0 Å². The van der Waals surface area contributed by atoms with Gasteiger partial charge < -0.3 is 10.2 Å². The van der Waals surface area contributed by atoms with E-state index < -0.39 is 11.1 Å². The molecule has 8 aromatic rings. The predicted molar refractivity (Wildman–Crippen MR) is 202 cm³/mol. The minimum Gasteiger partial charge on any atom is -0.508 e. The van der Waals surface area contributed by atoms with Gasteiger partial charge in [0.25, 0.3) is 0 Å². The first-order chi connectivity index (χ1) is 24.6. The summed E-state index contributed by atoms with van der Waals surface area (Å²) < 4.78 is 3.93. The van der Waals surface area contributed by atoms with Gasteiger partial charge in [-0.1, -0.05) is 95.4 Å². The number of phenolic OH excluding ortho intramolecular Hbond substituents is 2. The van der Waals surface area contributed by atoms with Crippen LogP contribution in [0.1, 0.15) is 49.9 Å². The third-order valence-corrected chi connectivity index (χ3v) is 10.1. The van der Waals surface area contributed by atoms with Crippen molar-refractivity contribution in [3.63, 3.8) is 0 Å². The van der Waals surface area contributed by atoms with Crippen LogP contribution in [0, 0.1) is 0 Å². The van der Waals surface area contributed by atoms with Crippen LogP contribution in [0.3, 0.4) is 0 Å². The first kappa shape index (κ1) is 32.0. The van der Waals surface area contributed by atoms with Gasteiger partial charge in [0.2, 0.25) is 0 Å². The van der Waals surface area contributed by atoms with Crippen molar-refractivity contribution in [2.24, 2.45) is 0 Å². The quantitative estimate of drug-likeness (QED) is 0.167. The van der Waals surface area contributed by atoms with Crippen molar-refractivity contribution in [2.75, 3.05) is 0 Å². The number of benzene rings is 6. The molecule has 0 aliphatic heterocycles. The van der Waals surface area contributed by atoms with Gasteiger partial charge in [-0.2, -0.15) is 0 Å². The van der Waals surface area contributed by atoms with Crippen LogP contribution in [-0.4, -0.2) is 40.2 Å². The molecule has 2 aromatic heterocycles. The lowest BCUT2D eigenvalue weighted by Gasteiger charge is -2.26. The third kappa shape index (κ3) is 5.68. The zero-order valence-electron chi connectivity index (χ0n) is 29.0. The van der Waals surface area contributed by atoms with Crippen LogP contribution in [0.15, 0.2) is 133 Å². The van der Waals surface area contributed by atoms with Crippen molar-refractivity contribution in [2.45, 2.75) is 45.2 Å². The molecule has 0 aliphatic rings. The molecule has 8 heteroatoms. The number of aromatic nitrogens is 6. The molecule has 6 aromatic carbocycles. The van der Waals surface area contributed by atoms with Crippen LogP contribution in [0.2, 0.25) is 0 Å². The smallest absolute Gasteiger partial charge is 0.119 e. The summed E-state index contributed by atoms with van der Waals surface area (Å²) in [6, 6.07) is 44.0. The van der Waals surface area contributed by atoms with E-state index in [4.69, 9.17) is 0 Å². The Kier molecular flexibility index (Phi) is 7.67. The van der Waals surface area contributed by atoms with E-state index in [0.717, 1.165) is 55.4 Å². The van der Waals surface area contributed by atoms with Gasteiger partial charge in [-0.25, -0.2) is 9.36 Å². The number of hydrogen-bond donors (Lipinski definition) is 2. The van der Waals surface area contributed by atoms with Crippen LogP contribution in [0.4, 0.5) is 0 Å². The Morgan fingerprint density at radius 2 is 0.843 bits per heavy atom. The van der Waals surface area contributed by atoms with E-state index in [2.05, 4.69) is 84.7 Å². The van der Waals surface area contributed by atoms with Gasteiger partial charge >= 0.3 is 0 Å². The van der Waals surface area contributed by atoms with Crippen LogP contribution in [0.5, 0.6) is 11.5 Å². The van der Waals surface area contributed by atoms with Gasteiger partial charge in [0.1, 0.15) is 22.5 Å². The molecule has 0 bridgehead atoms. The van der Waals surface area contributed by atoms with Crippen molar-refractivity contribution < 1.29 is 10.2 Å². The van der Waals surface area contributed by atoms with Crippen LogP contribution < -0.4 is 0 Å². The first-order valence-corrected chi connectivity index (χ1v) is 17.1. The highest BCUT2D eigenvalue weighted by Gasteiger charge is 2.27. The second-order valence-corrected chi connectivity index (χ2v) is 14.1. The fourth-order valence-corrected chi connectivity index (χ4v) is 6.98. The largest absolute Gasteiger partial charge is 0.508 e. The molecule has 0 saturated carbocycles. The Morgan fingerprint density at radius 3 is 1.25 bits per heavy atom. The normalized spacial score (nSPS) is 12.2. The maximum atomic E-state index is 11.0. The summed E-state index contributed by atoms with van der Waals surface area (Å²) in [6.07, 6.45) is 0.338. The summed E-state index contributed by atoms with van der Waals surface area (Å²) in [6.45, 7) is 8.55. The average Bonchev–Trinajstić information content (AvgIpc) is 3.79. The SMILES string of the molecule is CC(C)(c1ccccc1)n1nnc2ccc(-c3ccc(O)c(Cc4cc(-c5ccc6nnn(C(C)(C)c7ccccc7)c6c5)ccc4O)c3)cc21. The summed E-state index contributed by atoms with van der Waals surface area (Å²) in [7, 11) is 0. The van der Waals surface area contributed by atoms with Crippen LogP contribution in [0.25, 0.3) is 44.3 Å². The van der Waals surface area contributed by atoms with Crippen molar-refractivity contribution in [1.29, 1.82) is 0 Å². The Morgan fingerprint density at radius 1 is 0.471 bits per heavy atom. The van der Waals surface area contributed by atoms with Gasteiger partial charge in [-0.05, 0) is 121 Å². The zero-order chi connectivity index (χ0) is 35.3. The van der Waals surface area contributed by atoms with Crippen molar-refractivity contribution in [1.82, 2.24) is 30.0 Å². The van der Waals surface area contributed by atoms with E-state index in [0.29, 0.717) is 17.5 Å². The average molecular weight is 671 g/mol. The zero-order valence-corrected chi connectivity index (χ0v) is 29.0.